The molecule has 1 fully saturated rings. The summed E-state index contributed by atoms with van der Waals surface area (Å²) in [5.41, 5.74) is 1.10. The smallest absolute Gasteiger partial charge is 0.137 e. The number of carbonyl (C=O) groups is 1. The summed E-state index contributed by atoms with van der Waals surface area (Å²) >= 11 is 0. The van der Waals surface area contributed by atoms with E-state index in [0.717, 1.165) is 13.0 Å². The van der Waals surface area contributed by atoms with E-state index < -0.39 is 0 Å². The largest absolute Gasteiger partial charge is 0.309 e. The molecule has 0 spiro atoms. The van der Waals surface area contributed by atoms with Crippen LogP contribution < -0.4 is 5.32 Å². The second-order valence-corrected chi connectivity index (χ2v) is 4.67. The Bertz CT molecular complexity index is 360. The molecule has 1 N–H and O–H groups in total. The second-order valence-electron chi connectivity index (χ2n) is 4.67. The third-order valence-corrected chi connectivity index (χ3v) is 3.45. The van der Waals surface area contributed by atoms with Crippen molar-refractivity contribution in [2.45, 2.75) is 26.3 Å². The molecule has 15 heavy (non-hydrogen) atoms. The van der Waals surface area contributed by atoms with Gasteiger partial charge in [0.2, 0.25) is 0 Å². The molecule has 0 radical (unpaired) electrons. The number of rotatable bonds is 2. The minimum atomic E-state index is -0.180. The lowest BCUT2D eigenvalue weighted by atomic mass is 9.83. The lowest BCUT2D eigenvalue weighted by Crippen LogP contribution is -2.27. The number of ketones is 1. The van der Waals surface area contributed by atoms with Crippen molar-refractivity contribution in [3.63, 3.8) is 0 Å². The van der Waals surface area contributed by atoms with Crippen LogP contribution in [0.5, 0.6) is 0 Å². The Morgan fingerprint density at radius 3 is 2.60 bits per heavy atom. The summed E-state index contributed by atoms with van der Waals surface area (Å²) in [4.78, 5) is 11.5. The summed E-state index contributed by atoms with van der Waals surface area (Å²) in [5.74, 6) is 0.286. The molecule has 0 unspecified atom stereocenters. The number of hydrogen-bond acceptors (Lipinski definition) is 2. The first-order chi connectivity index (χ1) is 7.12. The first-order valence-corrected chi connectivity index (χ1v) is 5.41. The van der Waals surface area contributed by atoms with E-state index in [9.17, 15) is 4.79 Å². The monoisotopic (exact) mass is 203 g/mol. The van der Waals surface area contributed by atoms with Crippen LogP contribution in [0.15, 0.2) is 30.3 Å². The first-order valence-electron chi connectivity index (χ1n) is 5.41. The van der Waals surface area contributed by atoms with Crippen molar-refractivity contribution in [1.29, 1.82) is 0 Å². The van der Waals surface area contributed by atoms with Gasteiger partial charge < -0.3 is 5.32 Å². The molecule has 0 aliphatic carbocycles. The van der Waals surface area contributed by atoms with Crippen molar-refractivity contribution in [2.75, 3.05) is 6.54 Å². The van der Waals surface area contributed by atoms with Gasteiger partial charge in [-0.1, -0.05) is 37.3 Å². The predicted molar refractivity (Wildman–Crippen MR) is 60.6 cm³/mol. The molecule has 0 saturated carbocycles. The molecule has 80 valence electrons. The van der Waals surface area contributed by atoms with Crippen LogP contribution in [-0.2, 0) is 4.79 Å². The second kappa shape index (κ2) is 3.78. The minimum Gasteiger partial charge on any atom is -0.309 e. The Kier molecular flexibility index (Phi) is 2.61. The molecule has 1 heterocycles. The Balaban J connectivity index is 2.14. The standard InChI is InChI=1S/C13H17NO/c1-10(15)13(2)8-12(14-9-13)11-6-4-3-5-7-11/h3-7,12,14H,8-9H2,1-2H3/t12-,13-/m0/s1. The molecular weight excluding hydrogens is 186 g/mol. The quantitative estimate of drug-likeness (QED) is 0.799. The molecule has 1 aliphatic rings. The van der Waals surface area contributed by atoms with E-state index in [2.05, 4.69) is 17.4 Å². The molecule has 0 bridgehead atoms. The fourth-order valence-electron chi connectivity index (χ4n) is 2.13. The van der Waals surface area contributed by atoms with Crippen LogP contribution in [0.2, 0.25) is 0 Å². The van der Waals surface area contributed by atoms with Gasteiger partial charge in [-0.25, -0.2) is 0 Å². The van der Waals surface area contributed by atoms with Crippen LogP contribution in [0, 0.1) is 5.41 Å². The molecule has 2 nitrogen and oxygen atoms in total. The van der Waals surface area contributed by atoms with E-state index in [4.69, 9.17) is 0 Å². The highest BCUT2D eigenvalue weighted by atomic mass is 16.1. The number of carbonyl (C=O) groups excluding carboxylic acids is 1. The van der Waals surface area contributed by atoms with Gasteiger partial charge in [-0.15, -0.1) is 0 Å². The maximum atomic E-state index is 11.5. The number of Topliss-reactive ketones (excluding diaryl/α,β-unsaturated/α-hetero) is 1. The van der Waals surface area contributed by atoms with Crippen molar-refractivity contribution in [1.82, 2.24) is 5.32 Å². The van der Waals surface area contributed by atoms with E-state index in [1.807, 2.05) is 25.1 Å². The van der Waals surface area contributed by atoms with E-state index >= 15 is 0 Å². The molecule has 1 aromatic carbocycles. The highest BCUT2D eigenvalue weighted by Gasteiger charge is 2.38. The molecule has 1 aliphatic heterocycles. The Morgan fingerprint density at radius 2 is 2.07 bits per heavy atom. The van der Waals surface area contributed by atoms with Gasteiger partial charge in [0.05, 0.1) is 0 Å². The predicted octanol–water partition coefficient (Wildman–Crippen LogP) is 2.32. The number of nitrogens with one attached hydrogen (secondary N) is 1. The molecule has 0 amide bonds. The van der Waals surface area contributed by atoms with Crippen LogP contribution in [-0.4, -0.2) is 12.3 Å². The molecule has 1 aromatic rings. The SMILES string of the molecule is CC(=O)[C@]1(C)CN[C@H](c2ccccc2)C1. The highest BCUT2D eigenvalue weighted by Crippen LogP contribution is 2.36. The zero-order valence-electron chi connectivity index (χ0n) is 9.29. The van der Waals surface area contributed by atoms with Gasteiger partial charge in [-0.05, 0) is 18.9 Å². The molecule has 2 heteroatoms. The maximum absolute atomic E-state index is 11.5. The number of hydrogen-bond donors (Lipinski definition) is 1. The summed E-state index contributed by atoms with van der Waals surface area (Å²) in [6.45, 7) is 4.53. The van der Waals surface area contributed by atoms with Gasteiger partial charge in [0.15, 0.2) is 0 Å². The molecular formula is C13H17NO. The van der Waals surface area contributed by atoms with E-state index in [-0.39, 0.29) is 11.2 Å². The average Bonchev–Trinajstić information content (AvgIpc) is 2.64. The first kappa shape index (κ1) is 10.4. The summed E-state index contributed by atoms with van der Waals surface area (Å²) in [7, 11) is 0. The minimum absolute atomic E-state index is 0.180. The highest BCUT2D eigenvalue weighted by molar-refractivity contribution is 5.82. The normalized spacial score (nSPS) is 30.4. The molecule has 2 atom stereocenters. The van der Waals surface area contributed by atoms with Gasteiger partial charge >= 0.3 is 0 Å². The fourth-order valence-corrected chi connectivity index (χ4v) is 2.13. The van der Waals surface area contributed by atoms with E-state index in [0.29, 0.717) is 6.04 Å². The number of benzene rings is 1. The van der Waals surface area contributed by atoms with Crippen molar-refractivity contribution >= 4 is 5.78 Å². The van der Waals surface area contributed by atoms with Gasteiger partial charge in [0.1, 0.15) is 5.78 Å². The summed E-state index contributed by atoms with van der Waals surface area (Å²) in [6, 6.07) is 10.7. The topological polar surface area (TPSA) is 29.1 Å². The van der Waals surface area contributed by atoms with Gasteiger partial charge in [-0.3, -0.25) is 4.79 Å². The third-order valence-electron chi connectivity index (χ3n) is 3.45. The lowest BCUT2D eigenvalue weighted by molar-refractivity contribution is -0.124. The summed E-state index contributed by atoms with van der Waals surface area (Å²) < 4.78 is 0. The van der Waals surface area contributed by atoms with Gasteiger partial charge in [0.25, 0.3) is 0 Å². The van der Waals surface area contributed by atoms with Crippen molar-refractivity contribution in [2.24, 2.45) is 5.41 Å². The van der Waals surface area contributed by atoms with E-state index in [1.165, 1.54) is 5.56 Å². The molecule has 0 aromatic heterocycles. The third kappa shape index (κ3) is 1.95. The Morgan fingerprint density at radius 1 is 1.40 bits per heavy atom. The van der Waals surface area contributed by atoms with Gasteiger partial charge in [-0.2, -0.15) is 0 Å². The zero-order valence-corrected chi connectivity index (χ0v) is 9.29. The van der Waals surface area contributed by atoms with Crippen molar-refractivity contribution in [3.8, 4) is 0 Å². The van der Waals surface area contributed by atoms with Crippen LogP contribution in [0.25, 0.3) is 0 Å². The molecule has 2 rings (SSSR count). The van der Waals surface area contributed by atoms with Gasteiger partial charge in [0, 0.05) is 18.0 Å². The van der Waals surface area contributed by atoms with E-state index in [1.54, 1.807) is 6.92 Å². The lowest BCUT2D eigenvalue weighted by Gasteiger charge is -2.18. The Labute approximate surface area is 90.7 Å². The Hall–Kier alpha value is -1.15. The van der Waals surface area contributed by atoms with Crippen LogP contribution in [0.1, 0.15) is 31.9 Å². The van der Waals surface area contributed by atoms with Crippen LogP contribution >= 0.6 is 0 Å². The zero-order chi connectivity index (χ0) is 10.9. The average molecular weight is 203 g/mol. The van der Waals surface area contributed by atoms with Crippen LogP contribution in [0.4, 0.5) is 0 Å². The van der Waals surface area contributed by atoms with Crippen molar-refractivity contribution < 1.29 is 4.79 Å². The van der Waals surface area contributed by atoms with Crippen LogP contribution in [0.3, 0.4) is 0 Å². The maximum Gasteiger partial charge on any atom is 0.137 e. The summed E-state index contributed by atoms with van der Waals surface area (Å²) in [6.07, 6.45) is 0.909. The molecule has 1 saturated heterocycles. The fraction of sp³-hybridized carbons (Fsp3) is 0.462. The van der Waals surface area contributed by atoms with Crippen molar-refractivity contribution in [3.05, 3.63) is 35.9 Å². The summed E-state index contributed by atoms with van der Waals surface area (Å²) in [5, 5.41) is 3.42.